The van der Waals surface area contributed by atoms with Crippen LogP contribution in [0.3, 0.4) is 0 Å². The van der Waals surface area contributed by atoms with Crippen molar-refractivity contribution in [2.75, 3.05) is 5.32 Å². The van der Waals surface area contributed by atoms with Crippen molar-refractivity contribution in [3.8, 4) is 12.3 Å². The van der Waals surface area contributed by atoms with Crippen LogP contribution in [0.25, 0.3) is 0 Å². The molecule has 0 bridgehead atoms. The summed E-state index contributed by atoms with van der Waals surface area (Å²) in [6.07, 6.45) is 5.33. The molecule has 0 fully saturated rings. The third-order valence-corrected chi connectivity index (χ3v) is 3.08. The first-order valence-electron chi connectivity index (χ1n) is 5.97. The second kappa shape index (κ2) is 5.03. The summed E-state index contributed by atoms with van der Waals surface area (Å²) >= 11 is 0. The molecular weight excluding hydrogens is 238 g/mol. The third kappa shape index (κ3) is 2.53. The van der Waals surface area contributed by atoms with Gasteiger partial charge in [0.15, 0.2) is 0 Å². The molecule has 1 aromatic heterocycles. The predicted octanol–water partition coefficient (Wildman–Crippen LogP) is 3.44. The van der Waals surface area contributed by atoms with Crippen molar-refractivity contribution < 1.29 is 9.21 Å². The zero-order valence-corrected chi connectivity index (χ0v) is 11.2. The first-order chi connectivity index (χ1) is 9.02. The van der Waals surface area contributed by atoms with Gasteiger partial charge in [-0.25, -0.2) is 0 Å². The Bertz CT molecular complexity index is 675. The lowest BCUT2D eigenvalue weighted by molar-refractivity contribution is 0.102. The summed E-state index contributed by atoms with van der Waals surface area (Å²) in [5.74, 6) is 3.75. The van der Waals surface area contributed by atoms with Gasteiger partial charge in [0.25, 0.3) is 5.91 Å². The average Bonchev–Trinajstić information content (AvgIpc) is 2.63. The highest BCUT2D eigenvalue weighted by Gasteiger charge is 2.18. The fraction of sp³-hybridized carbons (Fsp3) is 0.188. The lowest BCUT2D eigenvalue weighted by Crippen LogP contribution is -2.13. The van der Waals surface area contributed by atoms with Crippen molar-refractivity contribution in [3.05, 3.63) is 52.5 Å². The van der Waals surface area contributed by atoms with Crippen LogP contribution in [0, 0.1) is 33.1 Å². The molecule has 0 saturated carbocycles. The molecule has 2 rings (SSSR count). The van der Waals surface area contributed by atoms with Gasteiger partial charge in [0, 0.05) is 16.8 Å². The first-order valence-corrected chi connectivity index (χ1v) is 5.97. The monoisotopic (exact) mass is 253 g/mol. The largest absolute Gasteiger partial charge is 0.466 e. The third-order valence-electron chi connectivity index (χ3n) is 3.08. The highest BCUT2D eigenvalue weighted by molar-refractivity contribution is 6.06. The Kier molecular flexibility index (Phi) is 3.43. The second-order valence-electron chi connectivity index (χ2n) is 4.39. The van der Waals surface area contributed by atoms with E-state index in [1.165, 1.54) is 0 Å². The van der Waals surface area contributed by atoms with Crippen LogP contribution in [0.2, 0.25) is 0 Å². The molecule has 2 aromatic rings. The maximum Gasteiger partial charge on any atom is 0.259 e. The fourth-order valence-corrected chi connectivity index (χ4v) is 2.01. The molecule has 3 heteroatoms. The number of hydrogen-bond acceptors (Lipinski definition) is 2. The molecule has 0 saturated heterocycles. The summed E-state index contributed by atoms with van der Waals surface area (Å²) in [5, 5.41) is 2.83. The Morgan fingerprint density at radius 1 is 1.26 bits per heavy atom. The Labute approximate surface area is 112 Å². The SMILES string of the molecule is C#Cc1cccc(NC(=O)c2c(C)oc(C)c2C)c1. The zero-order chi connectivity index (χ0) is 14.0. The Morgan fingerprint density at radius 2 is 2.00 bits per heavy atom. The minimum absolute atomic E-state index is 0.180. The number of aryl methyl sites for hydroxylation is 2. The smallest absolute Gasteiger partial charge is 0.259 e. The first kappa shape index (κ1) is 13.0. The predicted molar refractivity (Wildman–Crippen MR) is 75.2 cm³/mol. The minimum Gasteiger partial charge on any atom is -0.466 e. The molecule has 3 nitrogen and oxygen atoms in total. The van der Waals surface area contributed by atoms with E-state index in [1.807, 2.05) is 26.0 Å². The molecule has 1 amide bonds. The fourth-order valence-electron chi connectivity index (χ4n) is 2.01. The number of amides is 1. The molecule has 96 valence electrons. The maximum absolute atomic E-state index is 12.2. The van der Waals surface area contributed by atoms with E-state index in [0.717, 1.165) is 16.9 Å². The quantitative estimate of drug-likeness (QED) is 0.833. The highest BCUT2D eigenvalue weighted by atomic mass is 16.3. The van der Waals surface area contributed by atoms with Gasteiger partial charge in [-0.1, -0.05) is 12.0 Å². The number of furan rings is 1. The molecule has 0 atom stereocenters. The van der Waals surface area contributed by atoms with Gasteiger partial charge >= 0.3 is 0 Å². The Hall–Kier alpha value is -2.47. The van der Waals surface area contributed by atoms with E-state index < -0.39 is 0 Å². The van der Waals surface area contributed by atoms with Crippen molar-refractivity contribution in [1.82, 2.24) is 0 Å². The number of anilines is 1. The van der Waals surface area contributed by atoms with Gasteiger partial charge in [-0.05, 0) is 39.0 Å². The van der Waals surface area contributed by atoms with Gasteiger partial charge in [0.05, 0.1) is 5.56 Å². The summed E-state index contributed by atoms with van der Waals surface area (Å²) in [5.41, 5.74) is 2.86. The normalized spacial score (nSPS) is 10.0. The van der Waals surface area contributed by atoms with Crippen LogP contribution in [0.15, 0.2) is 28.7 Å². The van der Waals surface area contributed by atoms with Crippen LogP contribution in [0.1, 0.15) is 33.0 Å². The molecule has 0 aliphatic carbocycles. The number of nitrogens with one attached hydrogen (secondary N) is 1. The molecule has 0 spiro atoms. The van der Waals surface area contributed by atoms with E-state index >= 15 is 0 Å². The van der Waals surface area contributed by atoms with Crippen LogP contribution in [0.5, 0.6) is 0 Å². The van der Waals surface area contributed by atoms with Crippen LogP contribution >= 0.6 is 0 Å². The van der Waals surface area contributed by atoms with Crippen molar-refractivity contribution in [2.45, 2.75) is 20.8 Å². The second-order valence-corrected chi connectivity index (χ2v) is 4.39. The molecule has 1 N–H and O–H groups in total. The minimum atomic E-state index is -0.180. The van der Waals surface area contributed by atoms with E-state index in [0.29, 0.717) is 17.0 Å². The van der Waals surface area contributed by atoms with Gasteiger partial charge in [-0.15, -0.1) is 6.42 Å². The van der Waals surface area contributed by atoms with Gasteiger partial charge in [0.1, 0.15) is 11.5 Å². The van der Waals surface area contributed by atoms with E-state index in [9.17, 15) is 4.79 Å². The Morgan fingerprint density at radius 3 is 2.58 bits per heavy atom. The summed E-state index contributed by atoms with van der Waals surface area (Å²) < 4.78 is 5.46. The van der Waals surface area contributed by atoms with Crippen LogP contribution in [0.4, 0.5) is 5.69 Å². The zero-order valence-electron chi connectivity index (χ0n) is 11.2. The lowest BCUT2D eigenvalue weighted by Gasteiger charge is -2.05. The molecule has 0 aliphatic heterocycles. The van der Waals surface area contributed by atoms with E-state index in [1.54, 1.807) is 19.1 Å². The number of carbonyl (C=O) groups excluding carboxylic acids is 1. The summed E-state index contributed by atoms with van der Waals surface area (Å²) in [7, 11) is 0. The standard InChI is InChI=1S/C16H15NO2/c1-5-13-7-6-8-14(9-13)17-16(18)15-10(2)11(3)19-12(15)4/h1,6-9H,2-4H3,(H,17,18). The molecular formula is C16H15NO2. The van der Waals surface area contributed by atoms with Gasteiger partial charge < -0.3 is 9.73 Å². The topological polar surface area (TPSA) is 42.2 Å². The molecule has 19 heavy (non-hydrogen) atoms. The van der Waals surface area contributed by atoms with Gasteiger partial charge in [-0.3, -0.25) is 4.79 Å². The summed E-state index contributed by atoms with van der Waals surface area (Å²) in [4.78, 5) is 12.2. The van der Waals surface area contributed by atoms with Crippen molar-refractivity contribution in [1.29, 1.82) is 0 Å². The van der Waals surface area contributed by atoms with Crippen molar-refractivity contribution >= 4 is 11.6 Å². The van der Waals surface area contributed by atoms with Crippen LogP contribution < -0.4 is 5.32 Å². The number of rotatable bonds is 2. The van der Waals surface area contributed by atoms with Gasteiger partial charge in [-0.2, -0.15) is 0 Å². The number of terminal acetylenes is 1. The van der Waals surface area contributed by atoms with E-state index in [-0.39, 0.29) is 5.91 Å². The van der Waals surface area contributed by atoms with Gasteiger partial charge in [0.2, 0.25) is 0 Å². The maximum atomic E-state index is 12.2. The Balaban J connectivity index is 2.28. The molecule has 1 aromatic carbocycles. The molecule has 0 radical (unpaired) electrons. The molecule has 1 heterocycles. The molecule has 0 unspecified atom stereocenters. The van der Waals surface area contributed by atoms with Crippen molar-refractivity contribution in [2.24, 2.45) is 0 Å². The molecule has 0 aliphatic rings. The summed E-state index contributed by atoms with van der Waals surface area (Å²) in [6, 6.07) is 7.19. The van der Waals surface area contributed by atoms with Crippen LogP contribution in [-0.4, -0.2) is 5.91 Å². The number of carbonyl (C=O) groups is 1. The number of hydrogen-bond donors (Lipinski definition) is 1. The lowest BCUT2D eigenvalue weighted by atomic mass is 10.1. The van der Waals surface area contributed by atoms with Crippen molar-refractivity contribution in [3.63, 3.8) is 0 Å². The van der Waals surface area contributed by atoms with E-state index in [4.69, 9.17) is 10.8 Å². The highest BCUT2D eigenvalue weighted by Crippen LogP contribution is 2.22. The number of benzene rings is 1. The average molecular weight is 253 g/mol. The van der Waals surface area contributed by atoms with Crippen LogP contribution in [-0.2, 0) is 0 Å². The summed E-state index contributed by atoms with van der Waals surface area (Å²) in [6.45, 7) is 5.50. The van der Waals surface area contributed by atoms with E-state index in [2.05, 4.69) is 11.2 Å².